The molecule has 0 fully saturated rings. The Morgan fingerprint density at radius 3 is 2.62 bits per heavy atom. The molecule has 0 atom stereocenters. The van der Waals surface area contributed by atoms with Gasteiger partial charge in [-0.15, -0.1) is 11.3 Å². The lowest BCUT2D eigenvalue weighted by atomic mass is 10.1. The first-order valence-corrected chi connectivity index (χ1v) is 5.99. The van der Waals surface area contributed by atoms with E-state index in [1.165, 1.54) is 16.9 Å². The molecule has 0 saturated carbocycles. The van der Waals surface area contributed by atoms with E-state index in [1.54, 1.807) is 6.92 Å². The predicted octanol–water partition coefficient (Wildman–Crippen LogP) is 3.24. The number of anilines is 1. The van der Waals surface area contributed by atoms with Crippen molar-refractivity contribution >= 4 is 28.4 Å². The van der Waals surface area contributed by atoms with Crippen molar-refractivity contribution in [3.63, 3.8) is 0 Å². The van der Waals surface area contributed by atoms with Gasteiger partial charge in [-0.3, -0.25) is 0 Å². The molecular weight excluding hydrogens is 222 g/mol. The summed E-state index contributed by atoms with van der Waals surface area (Å²) in [7, 11) is 0. The largest absolute Gasteiger partial charge is 0.462 e. The monoisotopic (exact) mass is 239 g/mol. The molecule has 0 unspecified atom stereocenters. The maximum atomic E-state index is 11.7. The van der Waals surface area contributed by atoms with Gasteiger partial charge in [-0.2, -0.15) is 0 Å². The Bertz CT molecular complexity index is 428. The van der Waals surface area contributed by atoms with Crippen LogP contribution in [0.3, 0.4) is 0 Å². The minimum absolute atomic E-state index is 0.331. The Labute approximate surface area is 99.9 Å². The standard InChI is InChI=1S/C12H17NO2S/c1-5-15-12(14)10-8(4)9(6-7(2)3)16-11(10)13/h6H,5,13H2,1-4H3. The number of rotatable bonds is 3. The summed E-state index contributed by atoms with van der Waals surface area (Å²) in [5.41, 5.74) is 8.44. The fourth-order valence-corrected chi connectivity index (χ4v) is 2.54. The zero-order valence-corrected chi connectivity index (χ0v) is 10.9. The van der Waals surface area contributed by atoms with Gasteiger partial charge in [0.25, 0.3) is 0 Å². The Kier molecular flexibility index (Phi) is 4.12. The van der Waals surface area contributed by atoms with E-state index < -0.39 is 0 Å². The van der Waals surface area contributed by atoms with Gasteiger partial charge in [0.05, 0.1) is 12.2 Å². The van der Waals surface area contributed by atoms with E-state index in [0.717, 1.165) is 10.4 Å². The van der Waals surface area contributed by atoms with Gasteiger partial charge >= 0.3 is 5.97 Å². The highest BCUT2D eigenvalue weighted by atomic mass is 32.1. The maximum Gasteiger partial charge on any atom is 0.341 e. The Morgan fingerprint density at radius 2 is 2.12 bits per heavy atom. The number of allylic oxidation sites excluding steroid dienone is 1. The highest BCUT2D eigenvalue weighted by Gasteiger charge is 2.19. The second-order valence-corrected chi connectivity index (χ2v) is 4.86. The topological polar surface area (TPSA) is 52.3 Å². The molecule has 1 rings (SSSR count). The van der Waals surface area contributed by atoms with Crippen LogP contribution in [0.5, 0.6) is 0 Å². The van der Waals surface area contributed by atoms with Gasteiger partial charge in [0.15, 0.2) is 0 Å². The van der Waals surface area contributed by atoms with Crippen LogP contribution in [0.4, 0.5) is 5.00 Å². The highest BCUT2D eigenvalue weighted by Crippen LogP contribution is 2.32. The molecule has 0 amide bonds. The van der Waals surface area contributed by atoms with E-state index in [1.807, 2.05) is 26.8 Å². The van der Waals surface area contributed by atoms with Crippen LogP contribution in [0.25, 0.3) is 6.08 Å². The normalized spacial score (nSPS) is 10.0. The third kappa shape index (κ3) is 2.64. The lowest BCUT2D eigenvalue weighted by Crippen LogP contribution is -2.07. The molecule has 0 saturated heterocycles. The van der Waals surface area contributed by atoms with Gasteiger partial charge in [0.1, 0.15) is 5.00 Å². The Balaban J connectivity index is 3.17. The summed E-state index contributed by atoms with van der Waals surface area (Å²) in [4.78, 5) is 12.7. The molecule has 2 N–H and O–H groups in total. The van der Waals surface area contributed by atoms with Gasteiger partial charge in [0, 0.05) is 4.88 Å². The number of nitrogen functional groups attached to an aromatic ring is 1. The van der Waals surface area contributed by atoms with Gasteiger partial charge in [-0.1, -0.05) is 5.57 Å². The van der Waals surface area contributed by atoms with E-state index in [9.17, 15) is 4.79 Å². The maximum absolute atomic E-state index is 11.7. The molecule has 0 bridgehead atoms. The number of hydrogen-bond acceptors (Lipinski definition) is 4. The van der Waals surface area contributed by atoms with Crippen LogP contribution >= 0.6 is 11.3 Å². The molecule has 3 nitrogen and oxygen atoms in total. The molecule has 16 heavy (non-hydrogen) atoms. The number of carbonyl (C=O) groups excluding carboxylic acids is 1. The first kappa shape index (κ1) is 12.8. The van der Waals surface area contributed by atoms with Crippen molar-refractivity contribution in [2.45, 2.75) is 27.7 Å². The summed E-state index contributed by atoms with van der Waals surface area (Å²) in [6.07, 6.45) is 2.03. The molecule has 0 spiro atoms. The van der Waals surface area contributed by atoms with Crippen molar-refractivity contribution in [1.82, 2.24) is 0 Å². The quantitative estimate of drug-likeness (QED) is 0.824. The van der Waals surface area contributed by atoms with Crippen LogP contribution in [0, 0.1) is 6.92 Å². The van der Waals surface area contributed by atoms with E-state index in [2.05, 4.69) is 0 Å². The molecule has 0 radical (unpaired) electrons. The zero-order valence-electron chi connectivity index (χ0n) is 10.1. The van der Waals surface area contributed by atoms with Gasteiger partial charge in [-0.25, -0.2) is 4.79 Å². The van der Waals surface area contributed by atoms with Crippen LogP contribution in [-0.2, 0) is 4.74 Å². The minimum Gasteiger partial charge on any atom is -0.462 e. The molecular formula is C12H17NO2S. The van der Waals surface area contributed by atoms with E-state index in [0.29, 0.717) is 17.2 Å². The number of esters is 1. The first-order valence-electron chi connectivity index (χ1n) is 5.18. The second-order valence-electron chi connectivity index (χ2n) is 3.77. The van der Waals surface area contributed by atoms with Gasteiger partial charge in [0.2, 0.25) is 0 Å². The van der Waals surface area contributed by atoms with Crippen molar-refractivity contribution in [3.05, 3.63) is 21.6 Å². The lowest BCUT2D eigenvalue weighted by Gasteiger charge is -2.01. The van der Waals surface area contributed by atoms with Crippen molar-refractivity contribution in [2.75, 3.05) is 12.3 Å². The van der Waals surface area contributed by atoms with Crippen molar-refractivity contribution in [1.29, 1.82) is 0 Å². The van der Waals surface area contributed by atoms with Crippen LogP contribution in [-0.4, -0.2) is 12.6 Å². The van der Waals surface area contributed by atoms with Crippen LogP contribution in [0.2, 0.25) is 0 Å². The molecule has 88 valence electrons. The lowest BCUT2D eigenvalue weighted by molar-refractivity contribution is 0.0527. The molecule has 0 aliphatic rings. The summed E-state index contributed by atoms with van der Waals surface area (Å²) in [6, 6.07) is 0. The average Bonchev–Trinajstić information content (AvgIpc) is 2.41. The van der Waals surface area contributed by atoms with Gasteiger partial charge in [-0.05, 0) is 39.3 Å². The molecule has 1 aromatic heterocycles. The van der Waals surface area contributed by atoms with Crippen molar-refractivity contribution in [3.8, 4) is 0 Å². The molecule has 0 aliphatic heterocycles. The second kappa shape index (κ2) is 5.16. The molecule has 4 heteroatoms. The van der Waals surface area contributed by atoms with Gasteiger partial charge < -0.3 is 10.5 Å². The Hall–Kier alpha value is -1.29. The summed E-state index contributed by atoms with van der Waals surface area (Å²) < 4.78 is 4.97. The van der Waals surface area contributed by atoms with Crippen LogP contribution < -0.4 is 5.73 Å². The zero-order chi connectivity index (χ0) is 12.3. The molecule has 0 aromatic carbocycles. The number of ether oxygens (including phenoxy) is 1. The highest BCUT2D eigenvalue weighted by molar-refractivity contribution is 7.17. The minimum atomic E-state index is -0.331. The Morgan fingerprint density at radius 1 is 1.50 bits per heavy atom. The average molecular weight is 239 g/mol. The first-order chi connectivity index (χ1) is 7.47. The van der Waals surface area contributed by atoms with Crippen LogP contribution in [0.15, 0.2) is 5.57 Å². The third-order valence-electron chi connectivity index (χ3n) is 2.11. The van der Waals surface area contributed by atoms with E-state index in [-0.39, 0.29) is 5.97 Å². The SMILES string of the molecule is CCOC(=O)c1c(N)sc(C=C(C)C)c1C. The summed E-state index contributed by atoms with van der Waals surface area (Å²) in [5.74, 6) is -0.331. The predicted molar refractivity (Wildman–Crippen MR) is 68.7 cm³/mol. The molecule has 1 heterocycles. The fourth-order valence-electron chi connectivity index (χ4n) is 1.41. The van der Waals surface area contributed by atoms with E-state index >= 15 is 0 Å². The number of hydrogen-bond donors (Lipinski definition) is 1. The number of thiophene rings is 1. The smallest absolute Gasteiger partial charge is 0.341 e. The molecule has 1 aromatic rings. The third-order valence-corrected chi connectivity index (χ3v) is 3.18. The summed E-state index contributed by atoms with van der Waals surface area (Å²) in [5, 5.41) is 0.531. The number of carbonyl (C=O) groups is 1. The number of nitrogens with two attached hydrogens (primary N) is 1. The molecule has 0 aliphatic carbocycles. The van der Waals surface area contributed by atoms with Crippen LogP contribution in [0.1, 0.15) is 41.6 Å². The van der Waals surface area contributed by atoms with E-state index in [4.69, 9.17) is 10.5 Å². The summed E-state index contributed by atoms with van der Waals surface area (Å²) in [6.45, 7) is 8.07. The summed E-state index contributed by atoms with van der Waals surface area (Å²) >= 11 is 1.42. The van der Waals surface area contributed by atoms with Crippen molar-refractivity contribution in [2.24, 2.45) is 0 Å². The van der Waals surface area contributed by atoms with Crippen molar-refractivity contribution < 1.29 is 9.53 Å². The fraction of sp³-hybridized carbons (Fsp3) is 0.417.